The van der Waals surface area contributed by atoms with Crippen molar-refractivity contribution in [3.63, 3.8) is 0 Å². The van der Waals surface area contributed by atoms with Crippen LogP contribution in [0, 0.1) is 6.92 Å². The molecule has 0 atom stereocenters. The largest absolute Gasteiger partial charge is 0.290 e. The van der Waals surface area contributed by atoms with E-state index in [2.05, 4.69) is 6.92 Å². The van der Waals surface area contributed by atoms with Crippen molar-refractivity contribution in [1.29, 1.82) is 0 Å². The Balaban J connectivity index is 3.03. The molecule has 0 spiro atoms. The molecule has 2 nitrogen and oxygen atoms in total. The Morgan fingerprint density at radius 1 is 1.30 bits per heavy atom. The molecule has 0 heterocycles. The predicted octanol–water partition coefficient (Wildman–Crippen LogP) is 1.45. The number of carbonyl (C=O) groups is 1. The van der Waals surface area contributed by atoms with E-state index < -0.39 is 5.78 Å². The highest BCUT2D eigenvalue weighted by molar-refractivity contribution is 6.25. The lowest BCUT2D eigenvalue weighted by atomic mass is 10.1. The third-order valence-corrected chi connectivity index (χ3v) is 1.27. The van der Waals surface area contributed by atoms with E-state index in [-0.39, 0.29) is 0 Å². The topological polar surface area (TPSA) is 34.1 Å². The first-order valence-corrected chi connectivity index (χ1v) is 3.51. The summed E-state index contributed by atoms with van der Waals surface area (Å²) in [5.41, 5.74) is 0. The Kier molecular flexibility index (Phi) is 6.03. The van der Waals surface area contributed by atoms with Crippen molar-refractivity contribution in [2.24, 2.45) is 0 Å². The molecule has 56 valence electrons. The Labute approximate surface area is 61.6 Å². The second-order valence-electron chi connectivity index (χ2n) is 2.19. The lowest BCUT2D eigenvalue weighted by molar-refractivity contribution is -0.113. The second-order valence-corrected chi connectivity index (χ2v) is 2.19. The van der Waals surface area contributed by atoms with Gasteiger partial charge >= 0.3 is 0 Å². The highest BCUT2D eigenvalue weighted by Crippen LogP contribution is 2.01. The molecule has 0 rings (SSSR count). The van der Waals surface area contributed by atoms with E-state index in [0.29, 0.717) is 6.42 Å². The Bertz CT molecular complexity index is 108. The van der Waals surface area contributed by atoms with Gasteiger partial charge in [-0.1, -0.05) is 26.2 Å². The molecule has 0 aromatic rings. The Morgan fingerprint density at radius 3 is 2.50 bits per heavy atom. The minimum Gasteiger partial charge on any atom is -0.290 e. The number of rotatable bonds is 6. The van der Waals surface area contributed by atoms with E-state index in [4.69, 9.17) is 0 Å². The summed E-state index contributed by atoms with van der Waals surface area (Å²) in [5, 5.41) is 0. The Hall–Kier alpha value is -0.660. The van der Waals surface area contributed by atoms with Crippen LogP contribution in [-0.2, 0) is 9.59 Å². The first kappa shape index (κ1) is 9.34. The predicted molar refractivity (Wildman–Crippen MR) is 39.1 cm³/mol. The standard InChI is InChI=1S/C8H12O2/c1-2-3-4-5-6-8(10)7-9/h1-6H2. The quantitative estimate of drug-likeness (QED) is 0.413. The summed E-state index contributed by atoms with van der Waals surface area (Å²) in [7, 11) is 0. The van der Waals surface area contributed by atoms with Crippen molar-refractivity contribution in [2.45, 2.75) is 32.1 Å². The summed E-state index contributed by atoms with van der Waals surface area (Å²) in [4.78, 5) is 20.0. The molecule has 0 aliphatic heterocycles. The molecule has 0 aromatic heterocycles. The van der Waals surface area contributed by atoms with Gasteiger partial charge in [-0.3, -0.25) is 9.59 Å². The molecule has 0 aliphatic rings. The van der Waals surface area contributed by atoms with E-state index in [1.165, 1.54) is 6.29 Å². The van der Waals surface area contributed by atoms with E-state index in [0.717, 1.165) is 25.7 Å². The summed E-state index contributed by atoms with van der Waals surface area (Å²) in [6, 6.07) is 0. The maximum atomic E-state index is 10.3. The Morgan fingerprint density at radius 2 is 2.00 bits per heavy atom. The zero-order chi connectivity index (χ0) is 7.82. The van der Waals surface area contributed by atoms with Crippen LogP contribution in [0.2, 0.25) is 0 Å². The molecule has 0 unspecified atom stereocenters. The van der Waals surface area contributed by atoms with Gasteiger partial charge < -0.3 is 0 Å². The average molecular weight is 140 g/mol. The lowest BCUT2D eigenvalue weighted by Crippen LogP contribution is -1.97. The molecule has 0 aliphatic carbocycles. The number of unbranched alkanes of at least 4 members (excludes halogenated alkanes) is 3. The van der Waals surface area contributed by atoms with Crippen LogP contribution in [-0.4, -0.2) is 12.1 Å². The van der Waals surface area contributed by atoms with Crippen molar-refractivity contribution in [3.05, 3.63) is 6.92 Å². The maximum Gasteiger partial charge on any atom is 0.272 e. The number of hydrogen-bond donors (Lipinski definition) is 0. The number of Topliss-reactive ketones (excluding diaryl/α,β-unsaturated/α-hetero) is 1. The van der Waals surface area contributed by atoms with Gasteiger partial charge in [0, 0.05) is 6.42 Å². The highest BCUT2D eigenvalue weighted by atomic mass is 16.2. The summed E-state index contributed by atoms with van der Waals surface area (Å²) >= 11 is 0. The maximum absolute atomic E-state index is 10.3. The monoisotopic (exact) mass is 140 g/mol. The van der Waals surface area contributed by atoms with Crippen LogP contribution in [0.25, 0.3) is 0 Å². The summed E-state index contributed by atoms with van der Waals surface area (Å²) in [6.45, 7) is 3.66. The normalized spacial score (nSPS) is 9.30. The van der Waals surface area contributed by atoms with Gasteiger partial charge in [0.05, 0.1) is 0 Å². The third kappa shape index (κ3) is 5.48. The fourth-order valence-electron chi connectivity index (χ4n) is 0.690. The molecule has 0 amide bonds. The lowest BCUT2D eigenvalue weighted by Gasteiger charge is -1.92. The van der Waals surface area contributed by atoms with Crippen LogP contribution in [0.15, 0.2) is 0 Å². The second kappa shape index (κ2) is 6.46. The van der Waals surface area contributed by atoms with E-state index in [1.54, 1.807) is 0 Å². The van der Waals surface area contributed by atoms with Gasteiger partial charge in [0.1, 0.15) is 0 Å². The van der Waals surface area contributed by atoms with Gasteiger partial charge in [-0.2, -0.15) is 0 Å². The molecule has 0 fully saturated rings. The van der Waals surface area contributed by atoms with E-state index >= 15 is 0 Å². The van der Waals surface area contributed by atoms with Gasteiger partial charge in [0.25, 0.3) is 6.29 Å². The molecule has 0 aromatic carbocycles. The fraction of sp³-hybridized carbons (Fsp3) is 0.625. The van der Waals surface area contributed by atoms with Crippen molar-refractivity contribution >= 4 is 12.1 Å². The molecule has 0 bridgehead atoms. The average Bonchev–Trinajstić information content (AvgIpc) is 1.98. The molecule has 0 saturated carbocycles. The van der Waals surface area contributed by atoms with Gasteiger partial charge in [-0.25, -0.2) is 0 Å². The van der Waals surface area contributed by atoms with Gasteiger partial charge in [-0.05, 0) is 6.42 Å². The van der Waals surface area contributed by atoms with Crippen LogP contribution in [0.4, 0.5) is 0 Å². The molecular formula is C8H12O2. The van der Waals surface area contributed by atoms with Crippen molar-refractivity contribution in [3.8, 4) is 0 Å². The first-order valence-electron chi connectivity index (χ1n) is 3.51. The minimum atomic E-state index is -0.413. The van der Waals surface area contributed by atoms with Crippen LogP contribution >= 0.6 is 0 Å². The van der Waals surface area contributed by atoms with E-state index in [9.17, 15) is 9.59 Å². The summed E-state index contributed by atoms with van der Waals surface area (Å²) in [5.74, 6) is -0.413. The van der Waals surface area contributed by atoms with Crippen molar-refractivity contribution in [1.82, 2.24) is 0 Å². The third-order valence-electron chi connectivity index (χ3n) is 1.27. The minimum absolute atomic E-state index is 0.351. The van der Waals surface area contributed by atoms with Crippen molar-refractivity contribution in [2.75, 3.05) is 0 Å². The van der Waals surface area contributed by atoms with Crippen molar-refractivity contribution < 1.29 is 9.59 Å². The fourth-order valence-corrected chi connectivity index (χ4v) is 0.690. The number of ketones is 1. The highest BCUT2D eigenvalue weighted by Gasteiger charge is 1.98. The van der Waals surface area contributed by atoms with Gasteiger partial charge in [-0.15, -0.1) is 0 Å². The first-order chi connectivity index (χ1) is 4.81. The smallest absolute Gasteiger partial charge is 0.272 e. The van der Waals surface area contributed by atoms with E-state index in [1.807, 2.05) is 0 Å². The van der Waals surface area contributed by atoms with Crippen LogP contribution in [0.3, 0.4) is 0 Å². The summed E-state index contributed by atoms with van der Waals surface area (Å²) < 4.78 is 0. The van der Waals surface area contributed by atoms with Crippen LogP contribution < -0.4 is 0 Å². The number of carbonyl (C=O) groups excluding carboxylic acids is 2. The van der Waals surface area contributed by atoms with Gasteiger partial charge in [0.15, 0.2) is 0 Å². The molecule has 10 heavy (non-hydrogen) atoms. The molecular weight excluding hydrogens is 128 g/mol. The molecule has 2 heteroatoms. The van der Waals surface area contributed by atoms with Gasteiger partial charge in [0.2, 0.25) is 5.78 Å². The molecule has 0 N–H and O–H groups in total. The zero-order valence-corrected chi connectivity index (χ0v) is 6.06. The summed E-state index contributed by atoms with van der Waals surface area (Å²) in [6.07, 6.45) is 5.40. The van der Waals surface area contributed by atoms with Crippen LogP contribution in [0.1, 0.15) is 32.1 Å². The zero-order valence-electron chi connectivity index (χ0n) is 6.06. The number of hydrogen-bond acceptors (Lipinski definition) is 2. The molecule has 2 radical (unpaired) electrons. The van der Waals surface area contributed by atoms with Crippen LogP contribution in [0.5, 0.6) is 0 Å². The molecule has 0 saturated heterocycles. The SMILES string of the molecule is [CH2]CCCCCC(=O)[C]=O.